The summed E-state index contributed by atoms with van der Waals surface area (Å²) in [5, 5.41) is 0.950. The van der Waals surface area contributed by atoms with Crippen LogP contribution in [0, 0.1) is 0 Å². The van der Waals surface area contributed by atoms with Gasteiger partial charge in [0.1, 0.15) is 5.52 Å². The third kappa shape index (κ3) is 2.55. The van der Waals surface area contributed by atoms with Gasteiger partial charge >= 0.3 is 0 Å². The zero-order chi connectivity index (χ0) is 14.9. The minimum Gasteiger partial charge on any atom is -0.365 e. The zero-order valence-electron chi connectivity index (χ0n) is 12.3. The van der Waals surface area contributed by atoms with E-state index in [1.807, 2.05) is 11.0 Å². The number of aromatic nitrogens is 2. The average Bonchev–Trinajstić information content (AvgIpc) is 3.23. The van der Waals surface area contributed by atoms with Crippen LogP contribution in [-0.4, -0.2) is 59.7 Å². The lowest BCUT2D eigenvalue weighted by atomic mass is 10.2. The average molecular weight is 318 g/mol. The van der Waals surface area contributed by atoms with Crippen molar-refractivity contribution < 1.29 is 9.53 Å². The fourth-order valence-electron chi connectivity index (χ4n) is 3.02. The monoisotopic (exact) mass is 318 g/mol. The molecule has 2 saturated heterocycles. The summed E-state index contributed by atoms with van der Waals surface area (Å²) < 4.78 is 6.83. The first kappa shape index (κ1) is 13.9. The van der Waals surface area contributed by atoms with Gasteiger partial charge in [-0.2, -0.15) is 0 Å². The summed E-state index contributed by atoms with van der Waals surface area (Å²) >= 11 is 1.64. The van der Waals surface area contributed by atoms with Crippen LogP contribution in [0.15, 0.2) is 18.5 Å². The van der Waals surface area contributed by atoms with Crippen LogP contribution < -0.4 is 4.90 Å². The van der Waals surface area contributed by atoms with Crippen LogP contribution in [0.3, 0.4) is 0 Å². The van der Waals surface area contributed by atoms with Crippen molar-refractivity contribution in [1.82, 2.24) is 14.9 Å². The van der Waals surface area contributed by atoms with Crippen LogP contribution in [0.25, 0.3) is 10.2 Å². The van der Waals surface area contributed by atoms with Gasteiger partial charge in [0.05, 0.1) is 24.0 Å². The summed E-state index contributed by atoms with van der Waals surface area (Å²) in [4.78, 5) is 25.3. The highest BCUT2D eigenvalue weighted by Gasteiger charge is 2.32. The van der Waals surface area contributed by atoms with Crippen molar-refractivity contribution in [2.75, 3.05) is 37.7 Å². The Labute approximate surface area is 132 Å². The number of carbonyl (C=O) groups is 1. The smallest absolute Gasteiger partial charge is 0.253 e. The van der Waals surface area contributed by atoms with Gasteiger partial charge in [0.2, 0.25) is 0 Å². The van der Waals surface area contributed by atoms with E-state index in [0.29, 0.717) is 13.2 Å². The van der Waals surface area contributed by atoms with E-state index in [4.69, 9.17) is 4.74 Å². The number of morpholine rings is 1. The molecule has 2 aliphatic rings. The summed E-state index contributed by atoms with van der Waals surface area (Å²) in [5.41, 5.74) is 0.913. The number of anilines is 1. The predicted octanol–water partition coefficient (Wildman–Crippen LogP) is 1.52. The molecule has 2 fully saturated rings. The number of hydrogen-bond donors (Lipinski definition) is 0. The molecule has 1 unspecified atom stereocenters. The van der Waals surface area contributed by atoms with Crippen molar-refractivity contribution in [1.29, 1.82) is 0 Å². The number of amides is 1. The van der Waals surface area contributed by atoms with Gasteiger partial charge in [-0.15, -0.1) is 0 Å². The van der Waals surface area contributed by atoms with Gasteiger partial charge in [-0.1, -0.05) is 11.3 Å². The van der Waals surface area contributed by atoms with Crippen molar-refractivity contribution in [3.05, 3.63) is 18.5 Å². The van der Waals surface area contributed by atoms with Gasteiger partial charge < -0.3 is 14.5 Å². The van der Waals surface area contributed by atoms with Gasteiger partial charge in [-0.25, -0.2) is 4.98 Å². The lowest BCUT2D eigenvalue weighted by Crippen LogP contribution is -2.50. The second kappa shape index (κ2) is 5.81. The number of fused-ring (bicyclic) bond motifs is 1. The Morgan fingerprint density at radius 2 is 2.18 bits per heavy atom. The van der Waals surface area contributed by atoms with Gasteiger partial charge in [0.15, 0.2) is 11.2 Å². The van der Waals surface area contributed by atoms with E-state index in [2.05, 4.69) is 14.9 Å². The fraction of sp³-hybridized carbons (Fsp3) is 0.533. The SMILES string of the molecule is O=C(C1CN(c2nc3cnccc3s2)CCO1)N1CCCC1. The molecular formula is C15H18N4O2S. The van der Waals surface area contributed by atoms with Crippen LogP contribution in [0.4, 0.5) is 5.13 Å². The first-order chi connectivity index (χ1) is 10.8. The number of nitrogens with zero attached hydrogens (tertiary/aromatic N) is 4. The third-order valence-electron chi connectivity index (χ3n) is 4.21. The molecule has 0 saturated carbocycles. The predicted molar refractivity (Wildman–Crippen MR) is 85.2 cm³/mol. The van der Waals surface area contributed by atoms with Gasteiger partial charge in [0.25, 0.3) is 5.91 Å². The second-order valence-corrected chi connectivity index (χ2v) is 6.69. The topological polar surface area (TPSA) is 58.6 Å². The van der Waals surface area contributed by atoms with Crippen molar-refractivity contribution >= 4 is 32.6 Å². The lowest BCUT2D eigenvalue weighted by molar-refractivity contribution is -0.143. The summed E-state index contributed by atoms with van der Waals surface area (Å²) in [6.45, 7) is 3.66. The molecule has 0 aliphatic carbocycles. The molecule has 0 radical (unpaired) electrons. The Balaban J connectivity index is 1.51. The van der Waals surface area contributed by atoms with Crippen molar-refractivity contribution in [2.45, 2.75) is 18.9 Å². The molecular weight excluding hydrogens is 300 g/mol. The number of thiazole rings is 1. The number of hydrogen-bond acceptors (Lipinski definition) is 6. The Morgan fingerprint density at radius 3 is 3.00 bits per heavy atom. The minimum atomic E-state index is -0.364. The van der Waals surface area contributed by atoms with Crippen molar-refractivity contribution in [3.8, 4) is 0 Å². The number of rotatable bonds is 2. The highest BCUT2D eigenvalue weighted by atomic mass is 32.1. The van der Waals surface area contributed by atoms with E-state index in [1.165, 1.54) is 0 Å². The summed E-state index contributed by atoms with van der Waals surface area (Å²) in [6.07, 6.45) is 5.41. The molecule has 2 aromatic rings. The van der Waals surface area contributed by atoms with E-state index in [9.17, 15) is 4.79 Å². The molecule has 0 spiro atoms. The first-order valence-electron chi connectivity index (χ1n) is 7.67. The zero-order valence-corrected chi connectivity index (χ0v) is 13.1. The van der Waals surface area contributed by atoms with Crippen molar-refractivity contribution in [3.63, 3.8) is 0 Å². The normalized spacial score (nSPS) is 22.5. The van der Waals surface area contributed by atoms with E-state index >= 15 is 0 Å². The minimum absolute atomic E-state index is 0.130. The van der Waals surface area contributed by atoms with E-state index in [0.717, 1.165) is 47.8 Å². The standard InChI is InChI=1S/C15H18N4O2S/c20-14(18-5-1-2-6-18)12-10-19(7-8-21-12)15-17-11-9-16-4-3-13(11)22-15/h3-4,9,12H,1-2,5-8,10H2. The number of pyridine rings is 1. The number of carbonyl (C=O) groups excluding carboxylic acids is 1. The Hall–Kier alpha value is -1.73. The number of ether oxygens (including phenoxy) is 1. The molecule has 0 aromatic carbocycles. The maximum atomic E-state index is 12.5. The van der Waals surface area contributed by atoms with Gasteiger partial charge in [-0.3, -0.25) is 9.78 Å². The highest BCUT2D eigenvalue weighted by Crippen LogP contribution is 2.29. The third-order valence-corrected chi connectivity index (χ3v) is 5.31. The van der Waals surface area contributed by atoms with Crippen LogP contribution in [0.2, 0.25) is 0 Å². The molecule has 2 aliphatic heterocycles. The molecule has 0 N–H and O–H groups in total. The highest BCUT2D eigenvalue weighted by molar-refractivity contribution is 7.22. The van der Waals surface area contributed by atoms with E-state index < -0.39 is 0 Å². The molecule has 1 amide bonds. The largest absolute Gasteiger partial charge is 0.365 e. The van der Waals surface area contributed by atoms with Crippen LogP contribution >= 0.6 is 11.3 Å². The van der Waals surface area contributed by atoms with E-state index in [1.54, 1.807) is 23.7 Å². The molecule has 4 heterocycles. The molecule has 2 aromatic heterocycles. The summed E-state index contributed by atoms with van der Waals surface area (Å²) in [7, 11) is 0. The lowest BCUT2D eigenvalue weighted by Gasteiger charge is -2.33. The van der Waals surface area contributed by atoms with Crippen LogP contribution in [0.1, 0.15) is 12.8 Å². The molecule has 6 nitrogen and oxygen atoms in total. The molecule has 7 heteroatoms. The van der Waals surface area contributed by atoms with Crippen LogP contribution in [0.5, 0.6) is 0 Å². The summed E-state index contributed by atoms with van der Waals surface area (Å²) in [6, 6.07) is 1.98. The number of likely N-dealkylation sites (tertiary alicyclic amines) is 1. The van der Waals surface area contributed by atoms with E-state index in [-0.39, 0.29) is 12.0 Å². The fourth-order valence-corrected chi connectivity index (χ4v) is 3.98. The first-order valence-corrected chi connectivity index (χ1v) is 8.49. The molecule has 116 valence electrons. The van der Waals surface area contributed by atoms with Gasteiger partial charge in [-0.05, 0) is 18.9 Å². The van der Waals surface area contributed by atoms with Crippen LogP contribution in [-0.2, 0) is 9.53 Å². The quantitative estimate of drug-likeness (QED) is 0.840. The Morgan fingerprint density at radius 1 is 1.32 bits per heavy atom. The molecule has 22 heavy (non-hydrogen) atoms. The maximum Gasteiger partial charge on any atom is 0.253 e. The summed E-state index contributed by atoms with van der Waals surface area (Å²) in [5.74, 6) is 0.130. The van der Waals surface area contributed by atoms with Gasteiger partial charge in [0, 0.05) is 25.8 Å². The Kier molecular flexibility index (Phi) is 3.67. The second-order valence-electron chi connectivity index (χ2n) is 5.68. The molecule has 4 rings (SSSR count). The molecule has 1 atom stereocenters. The molecule has 0 bridgehead atoms. The maximum absolute atomic E-state index is 12.5. The Bertz CT molecular complexity index is 650. The van der Waals surface area contributed by atoms with Crippen molar-refractivity contribution in [2.24, 2.45) is 0 Å².